The van der Waals surface area contributed by atoms with Gasteiger partial charge in [0, 0.05) is 10.4 Å². The van der Waals surface area contributed by atoms with Crippen LogP contribution in [0.5, 0.6) is 0 Å². The molecule has 0 heterocycles. The highest BCUT2D eigenvalue weighted by atomic mass is 79.9. The first-order valence-electron chi connectivity index (χ1n) is 4.23. The average molecular weight is 247 g/mol. The van der Waals surface area contributed by atoms with Gasteiger partial charge in [-0.3, -0.25) is 0 Å². The lowest BCUT2D eigenvalue weighted by Gasteiger charge is -2.06. The van der Waals surface area contributed by atoms with E-state index in [0.717, 1.165) is 6.42 Å². The van der Waals surface area contributed by atoms with E-state index in [4.69, 9.17) is 0 Å². The summed E-state index contributed by atoms with van der Waals surface area (Å²) >= 11 is 3.36. The molecule has 1 aromatic rings. The van der Waals surface area contributed by atoms with Gasteiger partial charge in [-0.05, 0) is 30.0 Å². The topological polar surface area (TPSA) is 0 Å². The molecule has 1 aliphatic rings. The van der Waals surface area contributed by atoms with Crippen molar-refractivity contribution in [2.75, 3.05) is 0 Å². The Bertz CT molecular complexity index is 316. The molecule has 0 saturated heterocycles. The largest absolute Gasteiger partial charge is 0.207 e. The normalized spacial score (nSPS) is 26.2. The number of rotatable bonds is 0. The molecule has 0 spiro atoms. The van der Waals surface area contributed by atoms with Crippen molar-refractivity contribution in [3.8, 4) is 0 Å². The third kappa shape index (κ3) is 1.30. The summed E-state index contributed by atoms with van der Waals surface area (Å²) in [6.07, 6.45) is 0.771. The van der Waals surface area contributed by atoms with E-state index >= 15 is 0 Å². The highest BCUT2D eigenvalue weighted by molar-refractivity contribution is 9.09. The van der Waals surface area contributed by atoms with Gasteiger partial charge in [-0.15, -0.1) is 0 Å². The summed E-state index contributed by atoms with van der Waals surface area (Å²) in [5.74, 6) is -0.483. The molecule has 0 aliphatic heterocycles. The van der Waals surface area contributed by atoms with Crippen LogP contribution in [0.25, 0.3) is 0 Å². The van der Waals surface area contributed by atoms with Crippen molar-refractivity contribution in [3.63, 3.8) is 0 Å². The standard InChI is InChI=1S/C10H9BrF2/c1-5-4-6(11)10-8(13)3-2-7(12)9(5)10/h2-3,5-6H,4H2,1H3. The van der Waals surface area contributed by atoms with Crippen LogP contribution in [-0.4, -0.2) is 0 Å². The Morgan fingerprint density at radius 1 is 1.23 bits per heavy atom. The first kappa shape index (κ1) is 9.13. The Labute approximate surface area is 84.1 Å². The molecule has 0 fully saturated rings. The van der Waals surface area contributed by atoms with Crippen LogP contribution < -0.4 is 0 Å². The average Bonchev–Trinajstić information content (AvgIpc) is 2.36. The lowest BCUT2D eigenvalue weighted by molar-refractivity contribution is 0.578. The summed E-state index contributed by atoms with van der Waals surface area (Å²) in [5.41, 5.74) is 1.05. The van der Waals surface area contributed by atoms with Crippen molar-refractivity contribution in [3.05, 3.63) is 34.9 Å². The van der Waals surface area contributed by atoms with E-state index in [1.165, 1.54) is 12.1 Å². The molecule has 70 valence electrons. The maximum absolute atomic E-state index is 13.3. The Morgan fingerprint density at radius 2 is 1.77 bits per heavy atom. The van der Waals surface area contributed by atoms with E-state index in [0.29, 0.717) is 11.1 Å². The number of halogens is 3. The number of fused-ring (bicyclic) bond motifs is 1. The van der Waals surface area contributed by atoms with Crippen molar-refractivity contribution < 1.29 is 8.78 Å². The van der Waals surface area contributed by atoms with Crippen molar-refractivity contribution in [2.24, 2.45) is 0 Å². The summed E-state index contributed by atoms with van der Waals surface area (Å²) in [5, 5.41) is 0. The summed E-state index contributed by atoms with van der Waals surface area (Å²) in [6, 6.07) is 2.40. The van der Waals surface area contributed by atoms with Crippen LogP contribution in [-0.2, 0) is 0 Å². The Morgan fingerprint density at radius 3 is 2.31 bits per heavy atom. The molecule has 0 nitrogen and oxygen atoms in total. The molecular formula is C10H9BrF2. The summed E-state index contributed by atoms with van der Waals surface area (Å²) < 4.78 is 26.6. The fourth-order valence-electron chi connectivity index (χ4n) is 1.95. The second-order valence-electron chi connectivity index (χ2n) is 3.46. The van der Waals surface area contributed by atoms with Gasteiger partial charge in [-0.2, -0.15) is 0 Å². The highest BCUT2D eigenvalue weighted by Crippen LogP contribution is 2.46. The van der Waals surface area contributed by atoms with Crippen LogP contribution in [0.3, 0.4) is 0 Å². The predicted octanol–water partition coefficient (Wildman–Crippen LogP) is 3.91. The lowest BCUT2D eigenvalue weighted by Crippen LogP contribution is -1.95. The maximum Gasteiger partial charge on any atom is 0.128 e. The zero-order valence-electron chi connectivity index (χ0n) is 7.15. The third-order valence-electron chi connectivity index (χ3n) is 2.55. The molecule has 1 aliphatic carbocycles. The second kappa shape index (κ2) is 3.05. The Kier molecular flexibility index (Phi) is 2.14. The van der Waals surface area contributed by atoms with E-state index in [1.54, 1.807) is 0 Å². The van der Waals surface area contributed by atoms with Gasteiger partial charge in [0.15, 0.2) is 0 Å². The molecule has 13 heavy (non-hydrogen) atoms. The fraction of sp³-hybridized carbons (Fsp3) is 0.400. The minimum Gasteiger partial charge on any atom is -0.207 e. The van der Waals surface area contributed by atoms with Crippen molar-refractivity contribution in [1.29, 1.82) is 0 Å². The number of hydrogen-bond acceptors (Lipinski definition) is 0. The smallest absolute Gasteiger partial charge is 0.128 e. The van der Waals surface area contributed by atoms with Gasteiger partial charge in [-0.25, -0.2) is 8.78 Å². The van der Waals surface area contributed by atoms with E-state index in [2.05, 4.69) is 15.9 Å². The molecule has 0 radical (unpaired) electrons. The fourth-order valence-corrected chi connectivity index (χ4v) is 2.97. The van der Waals surface area contributed by atoms with Crippen LogP contribution in [0.2, 0.25) is 0 Å². The minimum absolute atomic E-state index is 0.0341. The first-order valence-corrected chi connectivity index (χ1v) is 5.14. The minimum atomic E-state index is -0.303. The zero-order chi connectivity index (χ0) is 9.59. The highest BCUT2D eigenvalue weighted by Gasteiger charge is 2.31. The van der Waals surface area contributed by atoms with E-state index in [1.807, 2.05) is 6.92 Å². The number of hydrogen-bond donors (Lipinski definition) is 0. The molecule has 2 atom stereocenters. The maximum atomic E-state index is 13.3. The van der Waals surface area contributed by atoms with Gasteiger partial charge in [0.25, 0.3) is 0 Å². The summed E-state index contributed by atoms with van der Waals surface area (Å²) in [7, 11) is 0. The van der Waals surface area contributed by atoms with Crippen LogP contribution >= 0.6 is 15.9 Å². The molecule has 2 rings (SSSR count). The molecule has 0 N–H and O–H groups in total. The first-order chi connectivity index (χ1) is 6.11. The van der Waals surface area contributed by atoms with Gasteiger partial charge in [-0.1, -0.05) is 22.9 Å². The summed E-state index contributed by atoms with van der Waals surface area (Å²) in [6.45, 7) is 1.92. The number of benzene rings is 1. The SMILES string of the molecule is CC1CC(Br)c2c(F)ccc(F)c21. The van der Waals surface area contributed by atoms with E-state index < -0.39 is 0 Å². The van der Waals surface area contributed by atoms with Crippen molar-refractivity contribution in [2.45, 2.75) is 24.1 Å². The third-order valence-corrected chi connectivity index (χ3v) is 3.38. The van der Waals surface area contributed by atoms with Gasteiger partial charge in [0.2, 0.25) is 0 Å². The van der Waals surface area contributed by atoms with Gasteiger partial charge < -0.3 is 0 Å². The molecule has 0 aromatic heterocycles. The van der Waals surface area contributed by atoms with Crippen LogP contribution in [0.1, 0.15) is 35.2 Å². The molecule has 0 amide bonds. The lowest BCUT2D eigenvalue weighted by atomic mass is 10.0. The molecule has 3 heteroatoms. The van der Waals surface area contributed by atoms with Gasteiger partial charge in [0.05, 0.1) is 0 Å². The Hall–Kier alpha value is -0.440. The van der Waals surface area contributed by atoms with Crippen molar-refractivity contribution in [1.82, 2.24) is 0 Å². The second-order valence-corrected chi connectivity index (χ2v) is 4.57. The quantitative estimate of drug-likeness (QED) is 0.610. The monoisotopic (exact) mass is 246 g/mol. The Balaban J connectivity index is 2.67. The van der Waals surface area contributed by atoms with E-state index in [-0.39, 0.29) is 22.4 Å². The number of alkyl halides is 1. The van der Waals surface area contributed by atoms with E-state index in [9.17, 15) is 8.78 Å². The molecule has 0 bridgehead atoms. The van der Waals surface area contributed by atoms with Gasteiger partial charge >= 0.3 is 0 Å². The van der Waals surface area contributed by atoms with Crippen LogP contribution in [0.15, 0.2) is 12.1 Å². The van der Waals surface area contributed by atoms with Crippen molar-refractivity contribution >= 4 is 15.9 Å². The molecular weight excluding hydrogens is 238 g/mol. The molecule has 2 unspecified atom stereocenters. The molecule has 1 aromatic carbocycles. The van der Waals surface area contributed by atoms with Gasteiger partial charge in [0.1, 0.15) is 11.6 Å². The van der Waals surface area contributed by atoms with Crippen LogP contribution in [0.4, 0.5) is 8.78 Å². The summed E-state index contributed by atoms with van der Waals surface area (Å²) in [4.78, 5) is -0.0341. The molecule has 0 saturated carbocycles. The van der Waals surface area contributed by atoms with Crippen LogP contribution in [0, 0.1) is 11.6 Å². The predicted molar refractivity (Wildman–Crippen MR) is 51.1 cm³/mol. The zero-order valence-corrected chi connectivity index (χ0v) is 8.74.